The zero-order chi connectivity index (χ0) is 18.9. The molecule has 1 atom stereocenters. The third-order valence-corrected chi connectivity index (χ3v) is 4.87. The van der Waals surface area contributed by atoms with Crippen LogP contribution in [0.4, 0.5) is 4.79 Å². The summed E-state index contributed by atoms with van der Waals surface area (Å²) in [6, 6.07) is 9.74. The highest BCUT2D eigenvalue weighted by molar-refractivity contribution is 5.68. The number of allylic oxidation sites excluding steroid dienone is 1. The number of carbonyl (C=O) groups excluding carboxylic acids is 1. The number of aliphatic hydroxyl groups is 1. The molecule has 2 N–H and O–H groups in total. The molecule has 1 saturated heterocycles. The highest BCUT2D eigenvalue weighted by Crippen LogP contribution is 2.42. The van der Waals surface area contributed by atoms with Gasteiger partial charge in [0.1, 0.15) is 11.4 Å². The average Bonchev–Trinajstić information content (AvgIpc) is 2.97. The predicted octanol–water partition coefficient (Wildman–Crippen LogP) is 3.30. The smallest absolute Gasteiger partial charge is 0.410 e. The summed E-state index contributed by atoms with van der Waals surface area (Å²) in [5.74, 6) is 0.701. The number of hydrogen-bond donors (Lipinski definition) is 2. The molecule has 1 fully saturated rings. The lowest BCUT2D eigenvalue weighted by Crippen LogP contribution is -2.49. The van der Waals surface area contributed by atoms with Crippen LogP contribution in [-0.2, 0) is 9.57 Å². The fourth-order valence-electron chi connectivity index (χ4n) is 3.60. The first-order valence-electron chi connectivity index (χ1n) is 9.08. The second-order valence-electron chi connectivity index (χ2n) is 8.03. The number of ether oxygens (including phenoxy) is 1. The third-order valence-electron chi connectivity index (χ3n) is 4.87. The zero-order valence-electron chi connectivity index (χ0n) is 15.9. The van der Waals surface area contributed by atoms with Gasteiger partial charge in [0.25, 0.3) is 0 Å². The molecule has 1 unspecified atom stereocenters. The van der Waals surface area contributed by atoms with Crippen molar-refractivity contribution in [3.05, 3.63) is 47.2 Å². The standard InChI is InChI=1S/C20H28N2O4/c1-14-16(17(21-26-14)15-8-6-5-7-9-15)20(24)10-12-22(13-11-20)18(23)25-19(2,3)4/h5-9,17,21,24H,10-13H2,1-4H3. The van der Waals surface area contributed by atoms with Crippen molar-refractivity contribution >= 4 is 6.09 Å². The lowest BCUT2D eigenvalue weighted by atomic mass is 9.78. The van der Waals surface area contributed by atoms with Crippen molar-refractivity contribution in [1.82, 2.24) is 10.4 Å². The van der Waals surface area contributed by atoms with E-state index >= 15 is 0 Å². The minimum absolute atomic E-state index is 0.186. The molecule has 0 saturated carbocycles. The molecule has 2 aliphatic rings. The number of carbonyl (C=O) groups is 1. The monoisotopic (exact) mass is 360 g/mol. The van der Waals surface area contributed by atoms with Crippen LogP contribution in [0.15, 0.2) is 41.7 Å². The van der Waals surface area contributed by atoms with Crippen molar-refractivity contribution in [1.29, 1.82) is 0 Å². The summed E-state index contributed by atoms with van der Waals surface area (Å²) in [4.78, 5) is 19.5. The van der Waals surface area contributed by atoms with Gasteiger partial charge in [-0.15, -0.1) is 5.48 Å². The largest absolute Gasteiger partial charge is 0.444 e. The number of rotatable bonds is 2. The summed E-state index contributed by atoms with van der Waals surface area (Å²) in [5.41, 5.74) is 3.39. The van der Waals surface area contributed by atoms with Crippen LogP contribution in [0.1, 0.15) is 52.1 Å². The summed E-state index contributed by atoms with van der Waals surface area (Å²) >= 11 is 0. The topological polar surface area (TPSA) is 71.0 Å². The number of benzene rings is 1. The third kappa shape index (κ3) is 3.86. The fourth-order valence-corrected chi connectivity index (χ4v) is 3.60. The lowest BCUT2D eigenvalue weighted by molar-refractivity contribution is -0.0156. The average molecular weight is 360 g/mol. The molecule has 0 radical (unpaired) electrons. The Hall–Kier alpha value is -2.05. The van der Waals surface area contributed by atoms with Gasteiger partial charge in [0.05, 0.1) is 11.6 Å². The Bertz CT molecular complexity index is 686. The Balaban J connectivity index is 1.73. The first-order valence-corrected chi connectivity index (χ1v) is 9.08. The second kappa shape index (κ2) is 6.93. The van der Waals surface area contributed by atoms with E-state index in [0.29, 0.717) is 31.7 Å². The molecule has 6 nitrogen and oxygen atoms in total. The van der Waals surface area contributed by atoms with E-state index in [2.05, 4.69) is 5.48 Å². The number of piperidine rings is 1. The Morgan fingerprint density at radius 2 is 1.88 bits per heavy atom. The molecule has 3 rings (SSSR count). The van der Waals surface area contributed by atoms with Gasteiger partial charge in [-0.05, 0) is 46.1 Å². The van der Waals surface area contributed by atoms with Crippen LogP contribution in [0.5, 0.6) is 0 Å². The SMILES string of the molecule is CC1=C(C2(O)CCN(C(=O)OC(C)(C)C)CC2)C(c2ccccc2)NO1. The molecule has 0 spiro atoms. The molecule has 2 aliphatic heterocycles. The molecule has 26 heavy (non-hydrogen) atoms. The first kappa shape index (κ1) is 18.7. The Morgan fingerprint density at radius 3 is 2.46 bits per heavy atom. The summed E-state index contributed by atoms with van der Waals surface area (Å²) in [7, 11) is 0. The van der Waals surface area contributed by atoms with Crippen molar-refractivity contribution in [2.75, 3.05) is 13.1 Å². The molecule has 1 amide bonds. The van der Waals surface area contributed by atoms with Gasteiger partial charge >= 0.3 is 6.09 Å². The predicted molar refractivity (Wildman–Crippen MR) is 98.1 cm³/mol. The molecule has 142 valence electrons. The van der Waals surface area contributed by atoms with Gasteiger partial charge in [-0.3, -0.25) is 0 Å². The summed E-state index contributed by atoms with van der Waals surface area (Å²) < 4.78 is 5.44. The molecule has 0 aliphatic carbocycles. The Kier molecular flexibility index (Phi) is 4.99. The molecule has 0 aromatic heterocycles. The summed E-state index contributed by atoms with van der Waals surface area (Å²) in [6.45, 7) is 8.32. The normalized spacial score (nSPS) is 23.0. The van der Waals surface area contributed by atoms with Gasteiger partial charge in [-0.25, -0.2) is 4.79 Å². The highest BCUT2D eigenvalue weighted by Gasteiger charge is 2.45. The molecular formula is C20H28N2O4. The summed E-state index contributed by atoms with van der Waals surface area (Å²) in [5, 5.41) is 11.3. The van der Waals surface area contributed by atoms with E-state index in [1.54, 1.807) is 4.90 Å². The van der Waals surface area contributed by atoms with Crippen LogP contribution < -0.4 is 5.48 Å². The van der Waals surface area contributed by atoms with E-state index < -0.39 is 11.2 Å². The maximum Gasteiger partial charge on any atom is 0.410 e. The fraction of sp³-hybridized carbons (Fsp3) is 0.550. The maximum absolute atomic E-state index is 12.3. The Morgan fingerprint density at radius 1 is 1.27 bits per heavy atom. The van der Waals surface area contributed by atoms with Crippen LogP contribution in [0.3, 0.4) is 0 Å². The van der Waals surface area contributed by atoms with Gasteiger partial charge in [-0.1, -0.05) is 30.3 Å². The van der Waals surface area contributed by atoms with Crippen LogP contribution >= 0.6 is 0 Å². The van der Waals surface area contributed by atoms with Crippen molar-refractivity contribution in [2.24, 2.45) is 0 Å². The lowest BCUT2D eigenvalue weighted by Gasteiger charge is -2.40. The van der Waals surface area contributed by atoms with Gasteiger partial charge in [0, 0.05) is 18.7 Å². The zero-order valence-corrected chi connectivity index (χ0v) is 15.9. The van der Waals surface area contributed by atoms with Gasteiger partial charge in [-0.2, -0.15) is 0 Å². The van der Waals surface area contributed by atoms with Crippen LogP contribution in [0.2, 0.25) is 0 Å². The molecule has 2 heterocycles. The minimum atomic E-state index is -1.01. The van der Waals surface area contributed by atoms with Gasteiger partial charge < -0.3 is 19.6 Å². The van der Waals surface area contributed by atoms with Crippen molar-refractivity contribution in [2.45, 2.75) is 57.8 Å². The molecule has 6 heteroatoms. The number of nitrogens with one attached hydrogen (secondary N) is 1. The van der Waals surface area contributed by atoms with Crippen molar-refractivity contribution in [3.63, 3.8) is 0 Å². The van der Waals surface area contributed by atoms with Crippen LogP contribution in [0, 0.1) is 0 Å². The number of hydrogen-bond acceptors (Lipinski definition) is 5. The molecule has 0 bridgehead atoms. The van der Waals surface area contributed by atoms with Gasteiger partial charge in [0.2, 0.25) is 0 Å². The Labute approximate surface area is 154 Å². The first-order chi connectivity index (χ1) is 12.2. The minimum Gasteiger partial charge on any atom is -0.444 e. The van der Waals surface area contributed by atoms with Crippen molar-refractivity contribution < 1.29 is 19.5 Å². The maximum atomic E-state index is 12.3. The van der Waals surface area contributed by atoms with E-state index in [4.69, 9.17) is 9.57 Å². The van der Waals surface area contributed by atoms with E-state index in [1.165, 1.54) is 0 Å². The van der Waals surface area contributed by atoms with E-state index in [0.717, 1.165) is 11.1 Å². The molecule has 1 aromatic rings. The van der Waals surface area contributed by atoms with Gasteiger partial charge in [0.15, 0.2) is 0 Å². The van der Waals surface area contributed by atoms with Crippen molar-refractivity contribution in [3.8, 4) is 0 Å². The van der Waals surface area contributed by atoms with Crippen LogP contribution in [-0.4, -0.2) is 40.4 Å². The van der Waals surface area contributed by atoms with E-state index in [1.807, 2.05) is 58.0 Å². The van der Waals surface area contributed by atoms with E-state index in [-0.39, 0.29) is 12.1 Å². The quantitative estimate of drug-likeness (QED) is 0.847. The van der Waals surface area contributed by atoms with E-state index in [9.17, 15) is 9.90 Å². The second-order valence-corrected chi connectivity index (χ2v) is 8.03. The number of hydroxylamine groups is 1. The summed E-state index contributed by atoms with van der Waals surface area (Å²) in [6.07, 6.45) is 0.575. The number of likely N-dealkylation sites (tertiary alicyclic amines) is 1. The number of amides is 1. The highest BCUT2D eigenvalue weighted by atomic mass is 16.7. The molecular weight excluding hydrogens is 332 g/mol. The van der Waals surface area contributed by atoms with Crippen LogP contribution in [0.25, 0.3) is 0 Å². The number of nitrogens with zero attached hydrogens (tertiary/aromatic N) is 1. The molecule has 1 aromatic carbocycles.